The van der Waals surface area contributed by atoms with Gasteiger partial charge in [0.25, 0.3) is 0 Å². The normalized spacial score (nSPS) is 23.3. The topological polar surface area (TPSA) is 44.8 Å². The van der Waals surface area contributed by atoms with Crippen LogP contribution in [0.3, 0.4) is 0 Å². The lowest BCUT2D eigenvalue weighted by atomic mass is 9.93. The molecular formula is C27H26O4. The summed E-state index contributed by atoms with van der Waals surface area (Å²) in [4.78, 5) is 12.3. The third-order valence-corrected chi connectivity index (χ3v) is 7.10. The van der Waals surface area contributed by atoms with Gasteiger partial charge in [-0.1, -0.05) is 37.3 Å². The summed E-state index contributed by atoms with van der Waals surface area (Å²) in [7, 11) is 3.15. The fourth-order valence-corrected chi connectivity index (χ4v) is 5.37. The third-order valence-electron chi connectivity index (χ3n) is 7.10. The molecule has 4 nitrogen and oxygen atoms in total. The molecule has 0 N–H and O–H groups in total. The lowest BCUT2D eigenvalue weighted by Gasteiger charge is -2.14. The van der Waals surface area contributed by atoms with Crippen molar-refractivity contribution in [2.24, 2.45) is 11.8 Å². The van der Waals surface area contributed by atoms with E-state index in [1.54, 1.807) is 7.11 Å². The van der Waals surface area contributed by atoms with Crippen LogP contribution in [0.5, 0.6) is 17.2 Å². The zero-order valence-electron chi connectivity index (χ0n) is 18.1. The highest BCUT2D eigenvalue weighted by Crippen LogP contribution is 2.66. The molecule has 0 aliphatic heterocycles. The van der Waals surface area contributed by atoms with Gasteiger partial charge in [0.2, 0.25) is 0 Å². The van der Waals surface area contributed by atoms with Crippen molar-refractivity contribution < 1.29 is 19.0 Å². The first kappa shape index (κ1) is 19.7. The van der Waals surface area contributed by atoms with Gasteiger partial charge in [0.15, 0.2) is 0 Å². The molecule has 4 heteroatoms. The Kier molecular flexibility index (Phi) is 4.73. The van der Waals surface area contributed by atoms with Crippen molar-refractivity contribution in [1.29, 1.82) is 0 Å². The van der Waals surface area contributed by atoms with Crippen LogP contribution in [0.25, 0.3) is 11.1 Å². The summed E-state index contributed by atoms with van der Waals surface area (Å²) >= 11 is 0. The Morgan fingerprint density at radius 1 is 0.903 bits per heavy atom. The number of carbonyl (C=O) groups excluding carboxylic acids is 1. The number of carbonyl (C=O) groups is 1. The van der Waals surface area contributed by atoms with Crippen LogP contribution in [0.15, 0.2) is 66.7 Å². The van der Waals surface area contributed by atoms with Crippen molar-refractivity contribution in [3.63, 3.8) is 0 Å². The fraction of sp³-hybridized carbons (Fsp3) is 0.296. The Labute approximate surface area is 182 Å². The number of fused-ring (bicyclic) bond motifs is 2. The van der Waals surface area contributed by atoms with Crippen LogP contribution in [0.2, 0.25) is 0 Å². The van der Waals surface area contributed by atoms with Gasteiger partial charge in [-0.25, -0.2) is 0 Å². The van der Waals surface area contributed by atoms with E-state index in [1.807, 2.05) is 36.4 Å². The van der Waals surface area contributed by atoms with E-state index in [1.165, 1.54) is 18.2 Å². The van der Waals surface area contributed by atoms with E-state index in [4.69, 9.17) is 14.2 Å². The highest BCUT2D eigenvalue weighted by atomic mass is 16.5. The molecule has 1 saturated carbocycles. The van der Waals surface area contributed by atoms with Gasteiger partial charge in [-0.15, -0.1) is 0 Å². The van der Waals surface area contributed by atoms with Gasteiger partial charge in [-0.05, 0) is 77.4 Å². The number of esters is 1. The Morgan fingerprint density at radius 2 is 1.68 bits per heavy atom. The standard InChI is InChI=1S/C27H26O4/c1-17-25(26(28)30-3)27(17)14-13-19-9-12-23(16-24(19)27)31-21-10-7-18(8-11-21)20-5-4-6-22(15-20)29-2/h4-12,15-17,25H,13-14H2,1-3H3/t17-,25?,27?/m0/s1. The van der Waals surface area contributed by atoms with Gasteiger partial charge < -0.3 is 14.2 Å². The second-order valence-electron chi connectivity index (χ2n) is 8.51. The van der Waals surface area contributed by atoms with E-state index in [0.717, 1.165) is 41.2 Å². The van der Waals surface area contributed by atoms with Crippen molar-refractivity contribution in [2.45, 2.75) is 25.2 Å². The number of hydrogen-bond acceptors (Lipinski definition) is 4. The molecule has 2 unspecified atom stereocenters. The van der Waals surface area contributed by atoms with E-state index in [-0.39, 0.29) is 17.3 Å². The number of ether oxygens (including phenoxy) is 3. The molecule has 2 aliphatic rings. The van der Waals surface area contributed by atoms with Crippen LogP contribution in [-0.4, -0.2) is 20.2 Å². The summed E-state index contributed by atoms with van der Waals surface area (Å²) < 4.78 is 16.6. The van der Waals surface area contributed by atoms with E-state index >= 15 is 0 Å². The monoisotopic (exact) mass is 414 g/mol. The molecule has 1 spiro atoms. The summed E-state index contributed by atoms with van der Waals surface area (Å²) in [5, 5.41) is 0. The third kappa shape index (κ3) is 3.18. The molecule has 3 aromatic carbocycles. The van der Waals surface area contributed by atoms with Crippen LogP contribution in [0.4, 0.5) is 0 Å². The van der Waals surface area contributed by atoms with Crippen molar-refractivity contribution >= 4 is 5.97 Å². The molecule has 0 bridgehead atoms. The zero-order chi connectivity index (χ0) is 21.6. The maximum Gasteiger partial charge on any atom is 0.309 e. The molecule has 3 aromatic rings. The average Bonchev–Trinajstić information content (AvgIpc) is 3.23. The fourth-order valence-electron chi connectivity index (χ4n) is 5.37. The molecule has 0 aromatic heterocycles. The van der Waals surface area contributed by atoms with Gasteiger partial charge in [0.05, 0.1) is 20.1 Å². The van der Waals surface area contributed by atoms with Gasteiger partial charge >= 0.3 is 5.97 Å². The Bertz CT molecular complexity index is 1130. The second kappa shape index (κ2) is 7.45. The van der Waals surface area contributed by atoms with Crippen LogP contribution < -0.4 is 9.47 Å². The molecule has 2 aliphatic carbocycles. The quantitative estimate of drug-likeness (QED) is 0.497. The first-order chi connectivity index (χ1) is 15.1. The molecule has 0 heterocycles. The lowest BCUT2D eigenvalue weighted by Crippen LogP contribution is -2.13. The maximum atomic E-state index is 12.3. The predicted octanol–water partition coefficient (Wildman–Crippen LogP) is 5.78. The largest absolute Gasteiger partial charge is 0.497 e. The molecule has 31 heavy (non-hydrogen) atoms. The average molecular weight is 415 g/mol. The predicted molar refractivity (Wildman–Crippen MR) is 120 cm³/mol. The van der Waals surface area contributed by atoms with Crippen LogP contribution in [0.1, 0.15) is 24.5 Å². The number of benzene rings is 3. The Balaban J connectivity index is 1.37. The van der Waals surface area contributed by atoms with Crippen molar-refractivity contribution in [3.8, 4) is 28.4 Å². The Hall–Kier alpha value is -3.27. The highest BCUT2D eigenvalue weighted by Gasteiger charge is 2.68. The number of rotatable bonds is 5. The summed E-state index contributed by atoms with van der Waals surface area (Å²) in [5.41, 5.74) is 4.69. The molecule has 5 rings (SSSR count). The minimum absolute atomic E-state index is 0.0452. The summed E-state index contributed by atoms with van der Waals surface area (Å²) in [6, 6.07) is 22.4. The minimum Gasteiger partial charge on any atom is -0.497 e. The van der Waals surface area contributed by atoms with E-state index in [0.29, 0.717) is 5.92 Å². The summed E-state index contributed by atoms with van der Waals surface area (Å²) in [6.07, 6.45) is 2.00. The molecule has 3 atom stereocenters. The molecule has 0 amide bonds. The van der Waals surface area contributed by atoms with Gasteiger partial charge in [-0.3, -0.25) is 4.79 Å². The summed E-state index contributed by atoms with van der Waals surface area (Å²) in [5.74, 6) is 2.59. The summed E-state index contributed by atoms with van der Waals surface area (Å²) in [6.45, 7) is 2.15. The van der Waals surface area contributed by atoms with Gasteiger partial charge in [0, 0.05) is 5.41 Å². The van der Waals surface area contributed by atoms with Crippen molar-refractivity contribution in [3.05, 3.63) is 77.9 Å². The number of hydrogen-bond donors (Lipinski definition) is 0. The lowest BCUT2D eigenvalue weighted by molar-refractivity contribution is -0.142. The van der Waals surface area contributed by atoms with Crippen LogP contribution >= 0.6 is 0 Å². The first-order valence-electron chi connectivity index (χ1n) is 10.7. The highest BCUT2D eigenvalue weighted by molar-refractivity contribution is 5.81. The molecular weight excluding hydrogens is 388 g/mol. The van der Waals surface area contributed by atoms with E-state index in [9.17, 15) is 4.79 Å². The second-order valence-corrected chi connectivity index (χ2v) is 8.51. The Morgan fingerprint density at radius 3 is 2.42 bits per heavy atom. The zero-order valence-corrected chi connectivity index (χ0v) is 18.1. The smallest absolute Gasteiger partial charge is 0.309 e. The minimum atomic E-state index is -0.0974. The van der Waals surface area contributed by atoms with E-state index < -0.39 is 0 Å². The van der Waals surface area contributed by atoms with Crippen molar-refractivity contribution in [1.82, 2.24) is 0 Å². The maximum absolute atomic E-state index is 12.3. The van der Waals surface area contributed by atoms with E-state index in [2.05, 4.69) is 37.3 Å². The number of aryl methyl sites for hydroxylation is 1. The molecule has 0 radical (unpaired) electrons. The molecule has 1 fully saturated rings. The van der Waals surface area contributed by atoms with Gasteiger partial charge in [0.1, 0.15) is 17.2 Å². The van der Waals surface area contributed by atoms with Crippen LogP contribution in [-0.2, 0) is 21.4 Å². The molecule has 158 valence electrons. The van der Waals surface area contributed by atoms with Crippen molar-refractivity contribution in [2.75, 3.05) is 14.2 Å². The first-order valence-corrected chi connectivity index (χ1v) is 10.7. The van der Waals surface area contributed by atoms with Crippen LogP contribution in [0, 0.1) is 11.8 Å². The molecule has 0 saturated heterocycles. The van der Waals surface area contributed by atoms with Gasteiger partial charge in [-0.2, -0.15) is 0 Å². The SMILES string of the molecule is COC(=O)C1[C@H](C)C12CCc1ccc(Oc3ccc(-c4cccc(OC)c4)cc3)cc12. The number of methoxy groups -OCH3 is 2.